The number of carboxylic acid groups (broad SMARTS) is 2. The molecule has 0 bridgehead atoms. The lowest BCUT2D eigenvalue weighted by Gasteiger charge is -2.49. The Bertz CT molecular complexity index is 2190. The van der Waals surface area contributed by atoms with Crippen molar-refractivity contribution < 1.29 is 71.9 Å². The van der Waals surface area contributed by atoms with Crippen molar-refractivity contribution >= 4 is 70.3 Å². The van der Waals surface area contributed by atoms with Crippen LogP contribution in [0.2, 0.25) is 0 Å². The van der Waals surface area contributed by atoms with Crippen LogP contribution in [0.4, 0.5) is 0 Å². The number of aliphatic carboxylic acids is 2. The highest BCUT2D eigenvalue weighted by molar-refractivity contribution is 8.00. The third-order valence-electron chi connectivity index (χ3n) is 7.71. The molecule has 1 aromatic heterocycles. The third kappa shape index (κ3) is 8.17. The van der Waals surface area contributed by atoms with Gasteiger partial charge in [-0.25, -0.2) is 9.59 Å². The normalized spacial score (nSPS) is 16.6. The molecule has 54 heavy (non-hydrogen) atoms. The van der Waals surface area contributed by atoms with Crippen LogP contribution in [0.1, 0.15) is 42.7 Å². The van der Waals surface area contributed by atoms with Gasteiger partial charge in [-0.2, -0.15) is 0 Å². The molecule has 0 saturated carbocycles. The first-order valence-electron chi connectivity index (χ1n) is 15.6. The fraction of sp³-hybridized carbons (Fsp3) is 0.265. The Balaban J connectivity index is 1.45. The van der Waals surface area contributed by atoms with E-state index in [4.69, 9.17) is 28.5 Å². The first-order chi connectivity index (χ1) is 25.6. The SMILES string of the molecule is CC(=O)OCC1=C(C(=O)O)N2C(=O)[C@@H](NC(=O)C(NC(=O)c3coc4c(OC(C)=O)c(OC(C)=O)ccc4c3=O)c3ccc(OCC(=O)O)cc3)[C@H]2SC1. The molecule has 5 rings (SSSR count). The van der Waals surface area contributed by atoms with Gasteiger partial charge in [0.1, 0.15) is 47.3 Å². The topological polar surface area (TPSA) is 271 Å². The second-order valence-electron chi connectivity index (χ2n) is 11.5. The van der Waals surface area contributed by atoms with Crippen molar-refractivity contribution in [2.75, 3.05) is 19.0 Å². The summed E-state index contributed by atoms with van der Waals surface area (Å²) in [6.07, 6.45) is 0.738. The van der Waals surface area contributed by atoms with Gasteiger partial charge in [-0.3, -0.25) is 38.5 Å². The lowest BCUT2D eigenvalue weighted by Crippen LogP contribution is -2.71. The highest BCUT2D eigenvalue weighted by Gasteiger charge is 2.54. The quantitative estimate of drug-likeness (QED) is 0.107. The maximum atomic E-state index is 13.9. The molecule has 0 aliphatic carbocycles. The summed E-state index contributed by atoms with van der Waals surface area (Å²) >= 11 is 1.10. The minimum Gasteiger partial charge on any atom is -0.482 e. The van der Waals surface area contributed by atoms with Crippen LogP contribution < -0.4 is 30.3 Å². The van der Waals surface area contributed by atoms with Crippen LogP contribution in [-0.2, 0) is 38.3 Å². The number of ether oxygens (including phenoxy) is 4. The molecule has 0 radical (unpaired) electrons. The molecule has 2 aliphatic rings. The number of nitrogens with one attached hydrogen (secondary N) is 2. The summed E-state index contributed by atoms with van der Waals surface area (Å²) in [6.45, 7) is 2.25. The molecular weight excluding hydrogens is 738 g/mol. The Morgan fingerprint density at radius 2 is 1.63 bits per heavy atom. The average molecular weight is 768 g/mol. The fourth-order valence-corrected chi connectivity index (χ4v) is 6.75. The van der Waals surface area contributed by atoms with E-state index in [9.17, 15) is 48.3 Å². The molecule has 282 valence electrons. The Morgan fingerprint density at radius 3 is 2.24 bits per heavy atom. The van der Waals surface area contributed by atoms with Gasteiger partial charge >= 0.3 is 29.8 Å². The van der Waals surface area contributed by atoms with E-state index in [0.29, 0.717) is 0 Å². The van der Waals surface area contributed by atoms with E-state index in [0.717, 1.165) is 55.8 Å². The molecule has 20 heteroatoms. The van der Waals surface area contributed by atoms with Gasteiger partial charge in [-0.05, 0) is 29.8 Å². The number of hydrogen-bond acceptors (Lipinski definition) is 15. The average Bonchev–Trinajstić information content (AvgIpc) is 3.11. The van der Waals surface area contributed by atoms with Crippen molar-refractivity contribution in [1.29, 1.82) is 0 Å². The number of hydrogen-bond donors (Lipinski definition) is 4. The number of nitrogens with zero attached hydrogens (tertiary/aromatic N) is 1. The third-order valence-corrected chi connectivity index (χ3v) is 9.05. The van der Waals surface area contributed by atoms with Crippen LogP contribution in [0.3, 0.4) is 0 Å². The number of rotatable bonds is 13. The van der Waals surface area contributed by atoms with E-state index in [1.165, 1.54) is 24.3 Å². The van der Waals surface area contributed by atoms with Crippen molar-refractivity contribution in [1.82, 2.24) is 15.5 Å². The number of benzene rings is 2. The van der Waals surface area contributed by atoms with Crippen molar-refractivity contribution in [3.8, 4) is 17.2 Å². The zero-order valence-corrected chi connectivity index (χ0v) is 29.2. The van der Waals surface area contributed by atoms with E-state index in [1.54, 1.807) is 0 Å². The van der Waals surface area contributed by atoms with Crippen molar-refractivity contribution in [2.45, 2.75) is 38.2 Å². The smallest absolute Gasteiger partial charge is 0.352 e. The highest BCUT2D eigenvalue weighted by atomic mass is 32.2. The maximum absolute atomic E-state index is 13.9. The number of esters is 3. The van der Waals surface area contributed by atoms with Gasteiger partial charge in [0.25, 0.3) is 11.8 Å². The second-order valence-corrected chi connectivity index (χ2v) is 12.6. The van der Waals surface area contributed by atoms with Crippen LogP contribution in [0, 0.1) is 0 Å². The molecule has 3 atom stereocenters. The Kier molecular flexibility index (Phi) is 11.3. The molecule has 2 aromatic carbocycles. The molecule has 1 unspecified atom stereocenters. The largest absolute Gasteiger partial charge is 0.482 e. The molecule has 1 fully saturated rings. The Morgan fingerprint density at radius 1 is 0.944 bits per heavy atom. The van der Waals surface area contributed by atoms with Gasteiger partial charge in [0, 0.05) is 32.1 Å². The standard InChI is InChI=1S/C34H29N3O16S/c1-14(38)49-10-18-13-54-33-25(32(46)37(33)26(18)34(47)48)36-31(45)24(17-4-6-19(7-5-17)50-12-23(41)42)35-30(44)21-11-51-28-20(27(21)43)8-9-22(52-15(2)39)29(28)53-16(3)40/h4-9,11,24-25,33H,10,12-13H2,1-3H3,(H,35,44)(H,36,45)(H,41,42)(H,47,48)/t24?,25-,33-/m1/s1. The summed E-state index contributed by atoms with van der Waals surface area (Å²) in [5.74, 6) is -8.36. The molecule has 0 spiro atoms. The predicted molar refractivity (Wildman–Crippen MR) is 181 cm³/mol. The van der Waals surface area contributed by atoms with Crippen molar-refractivity contribution in [3.05, 3.63) is 75.3 Å². The number of fused-ring (bicyclic) bond motifs is 2. The molecule has 1 saturated heterocycles. The summed E-state index contributed by atoms with van der Waals surface area (Å²) in [5.41, 5.74) is -2.01. The number of carbonyl (C=O) groups excluding carboxylic acids is 6. The maximum Gasteiger partial charge on any atom is 0.352 e. The number of carbonyl (C=O) groups is 8. The monoisotopic (exact) mass is 767 g/mol. The van der Waals surface area contributed by atoms with Crippen molar-refractivity contribution in [3.63, 3.8) is 0 Å². The lowest BCUT2D eigenvalue weighted by atomic mass is 10.0. The first-order valence-corrected chi connectivity index (χ1v) is 16.7. The second kappa shape index (κ2) is 15.9. The molecule has 3 amide bonds. The van der Waals surface area contributed by atoms with Gasteiger partial charge < -0.3 is 44.2 Å². The Labute approximate surface area is 307 Å². The van der Waals surface area contributed by atoms with Crippen LogP contribution >= 0.6 is 11.8 Å². The van der Waals surface area contributed by atoms with Gasteiger partial charge in [-0.15, -0.1) is 11.8 Å². The highest BCUT2D eigenvalue weighted by Crippen LogP contribution is 2.41. The van der Waals surface area contributed by atoms with E-state index in [-0.39, 0.29) is 46.0 Å². The Hall–Kier alpha value is -6.70. The fourth-order valence-electron chi connectivity index (χ4n) is 5.42. The van der Waals surface area contributed by atoms with Gasteiger partial charge in [0.15, 0.2) is 17.9 Å². The van der Waals surface area contributed by atoms with E-state index >= 15 is 0 Å². The van der Waals surface area contributed by atoms with E-state index in [2.05, 4.69) is 10.6 Å². The zero-order valence-electron chi connectivity index (χ0n) is 28.4. The number of carboxylic acids is 2. The predicted octanol–water partition coefficient (Wildman–Crippen LogP) is 0.880. The van der Waals surface area contributed by atoms with E-state index < -0.39 is 94.1 Å². The van der Waals surface area contributed by atoms with Crippen LogP contribution in [-0.4, -0.2) is 93.1 Å². The van der Waals surface area contributed by atoms with Crippen molar-refractivity contribution in [2.24, 2.45) is 0 Å². The summed E-state index contributed by atoms with van der Waals surface area (Å²) in [6, 6.07) is 4.71. The first kappa shape index (κ1) is 38.5. The zero-order chi connectivity index (χ0) is 39.4. The summed E-state index contributed by atoms with van der Waals surface area (Å²) in [7, 11) is 0. The van der Waals surface area contributed by atoms with Gasteiger partial charge in [0.05, 0.1) is 5.39 Å². The van der Waals surface area contributed by atoms with Gasteiger partial charge in [0.2, 0.25) is 17.1 Å². The van der Waals surface area contributed by atoms with Crippen LogP contribution in [0.25, 0.3) is 11.0 Å². The van der Waals surface area contributed by atoms with E-state index in [1.807, 2.05) is 0 Å². The van der Waals surface area contributed by atoms with Crippen LogP contribution in [0.5, 0.6) is 17.2 Å². The molecule has 19 nitrogen and oxygen atoms in total. The number of amides is 3. The summed E-state index contributed by atoms with van der Waals surface area (Å²) in [5, 5.41) is 22.6. The number of thioether (sulfide) groups is 1. The lowest BCUT2D eigenvalue weighted by molar-refractivity contribution is -0.151. The molecule has 3 aromatic rings. The summed E-state index contributed by atoms with van der Waals surface area (Å²) in [4.78, 5) is 113. The number of β-lactam (4-membered cyclic amide) rings is 1. The van der Waals surface area contributed by atoms with Crippen LogP contribution in [0.15, 0.2) is 63.1 Å². The minimum absolute atomic E-state index is 0.0486. The van der Waals surface area contributed by atoms with Gasteiger partial charge in [-0.1, -0.05) is 12.1 Å². The molecule has 4 N–H and O–H groups in total. The molecule has 2 aliphatic heterocycles. The minimum atomic E-state index is -1.62. The summed E-state index contributed by atoms with van der Waals surface area (Å²) < 4.78 is 25.7. The molecular formula is C34H29N3O16S. The molecule has 3 heterocycles.